The van der Waals surface area contributed by atoms with Crippen LogP contribution in [-0.4, -0.2) is 23.7 Å². The SMILES string of the molecule is CCC(C)Oc1ccc(NC(=S)NC(=O)CCCOc2ccc(Cl)cc2Cl)cc1. The molecule has 29 heavy (non-hydrogen) atoms. The van der Waals surface area contributed by atoms with E-state index in [0.717, 1.165) is 17.9 Å². The Balaban J connectivity index is 1.68. The van der Waals surface area contributed by atoms with Gasteiger partial charge in [-0.2, -0.15) is 0 Å². The van der Waals surface area contributed by atoms with Crippen LogP contribution in [-0.2, 0) is 4.79 Å². The van der Waals surface area contributed by atoms with Crippen LogP contribution in [0.15, 0.2) is 42.5 Å². The number of rotatable bonds is 9. The van der Waals surface area contributed by atoms with Crippen LogP contribution < -0.4 is 20.1 Å². The Hall–Kier alpha value is -2.02. The third kappa shape index (κ3) is 8.48. The van der Waals surface area contributed by atoms with E-state index in [2.05, 4.69) is 17.6 Å². The van der Waals surface area contributed by atoms with Crippen molar-refractivity contribution in [2.45, 2.75) is 39.2 Å². The number of benzene rings is 2. The summed E-state index contributed by atoms with van der Waals surface area (Å²) in [4.78, 5) is 12.0. The molecular weight excluding hydrogens is 431 g/mol. The third-order valence-corrected chi connectivity index (χ3v) is 4.71. The summed E-state index contributed by atoms with van der Waals surface area (Å²) in [6.07, 6.45) is 1.89. The molecule has 0 bridgehead atoms. The van der Waals surface area contributed by atoms with Crippen LogP contribution in [0.4, 0.5) is 5.69 Å². The van der Waals surface area contributed by atoms with Gasteiger partial charge in [0, 0.05) is 17.1 Å². The van der Waals surface area contributed by atoms with Crippen molar-refractivity contribution in [3.05, 3.63) is 52.5 Å². The average molecular weight is 455 g/mol. The first-order chi connectivity index (χ1) is 13.9. The van der Waals surface area contributed by atoms with Crippen LogP contribution in [0, 0.1) is 0 Å². The molecule has 0 spiro atoms. The Morgan fingerprint density at radius 1 is 1.17 bits per heavy atom. The molecule has 5 nitrogen and oxygen atoms in total. The van der Waals surface area contributed by atoms with E-state index in [1.165, 1.54) is 0 Å². The van der Waals surface area contributed by atoms with E-state index >= 15 is 0 Å². The lowest BCUT2D eigenvalue weighted by molar-refractivity contribution is -0.119. The number of hydrogen-bond donors (Lipinski definition) is 2. The molecule has 2 N–H and O–H groups in total. The number of amides is 1. The number of anilines is 1. The molecule has 2 aromatic carbocycles. The first kappa shape index (κ1) is 23.3. The van der Waals surface area contributed by atoms with Gasteiger partial charge in [-0.1, -0.05) is 30.1 Å². The number of thiocarbonyl (C=S) groups is 1. The molecule has 1 amide bonds. The molecule has 156 valence electrons. The fraction of sp³-hybridized carbons (Fsp3) is 0.333. The summed E-state index contributed by atoms with van der Waals surface area (Å²) in [5.74, 6) is 1.14. The minimum absolute atomic E-state index is 0.161. The Bertz CT molecular complexity index is 831. The monoisotopic (exact) mass is 454 g/mol. The molecule has 0 aromatic heterocycles. The molecule has 1 unspecified atom stereocenters. The molecule has 0 aliphatic heterocycles. The maximum atomic E-state index is 12.0. The van der Waals surface area contributed by atoms with Crippen molar-refractivity contribution >= 4 is 52.1 Å². The molecule has 0 radical (unpaired) electrons. The summed E-state index contributed by atoms with van der Waals surface area (Å²) in [5.41, 5.74) is 0.771. The first-order valence-corrected chi connectivity index (χ1v) is 10.5. The molecule has 2 aromatic rings. The largest absolute Gasteiger partial charge is 0.492 e. The molecule has 1 atom stereocenters. The van der Waals surface area contributed by atoms with Crippen molar-refractivity contribution in [1.29, 1.82) is 0 Å². The van der Waals surface area contributed by atoms with Crippen LogP contribution in [0.5, 0.6) is 11.5 Å². The molecule has 0 aliphatic rings. The standard InChI is InChI=1S/C21H24Cl2N2O3S/c1-3-14(2)28-17-9-7-16(8-10-17)24-21(29)25-20(26)5-4-12-27-19-11-6-15(22)13-18(19)23/h6-11,13-14H,3-5,12H2,1-2H3,(H2,24,25,26,29). The van der Waals surface area contributed by atoms with Crippen molar-refractivity contribution in [2.24, 2.45) is 0 Å². The zero-order chi connectivity index (χ0) is 21.2. The molecule has 0 heterocycles. The molecule has 2 rings (SSSR count). The molecule has 8 heteroatoms. The van der Waals surface area contributed by atoms with Crippen molar-refractivity contribution in [3.8, 4) is 11.5 Å². The highest BCUT2D eigenvalue weighted by Crippen LogP contribution is 2.27. The lowest BCUT2D eigenvalue weighted by Gasteiger charge is -2.14. The van der Waals surface area contributed by atoms with Gasteiger partial charge < -0.3 is 20.1 Å². The van der Waals surface area contributed by atoms with Gasteiger partial charge in [-0.05, 0) is 74.4 Å². The van der Waals surface area contributed by atoms with E-state index in [1.54, 1.807) is 18.2 Å². The Morgan fingerprint density at radius 2 is 1.90 bits per heavy atom. The van der Waals surface area contributed by atoms with E-state index in [9.17, 15) is 4.79 Å². The normalized spacial score (nSPS) is 11.4. The van der Waals surface area contributed by atoms with Crippen LogP contribution in [0.1, 0.15) is 33.1 Å². The van der Waals surface area contributed by atoms with E-state index < -0.39 is 0 Å². The summed E-state index contributed by atoms with van der Waals surface area (Å²) >= 11 is 17.1. The van der Waals surface area contributed by atoms with Gasteiger partial charge in [0.25, 0.3) is 0 Å². The number of carbonyl (C=O) groups is 1. The predicted molar refractivity (Wildman–Crippen MR) is 122 cm³/mol. The van der Waals surface area contributed by atoms with Crippen molar-refractivity contribution in [2.75, 3.05) is 11.9 Å². The fourth-order valence-electron chi connectivity index (χ4n) is 2.29. The van der Waals surface area contributed by atoms with E-state index in [1.807, 2.05) is 31.2 Å². The Labute approximate surface area is 186 Å². The molecule has 0 saturated carbocycles. The van der Waals surface area contributed by atoms with E-state index in [-0.39, 0.29) is 23.5 Å². The van der Waals surface area contributed by atoms with Crippen LogP contribution in [0.3, 0.4) is 0 Å². The van der Waals surface area contributed by atoms with Gasteiger partial charge in [-0.15, -0.1) is 0 Å². The van der Waals surface area contributed by atoms with E-state index in [4.69, 9.17) is 44.9 Å². The molecular formula is C21H24Cl2N2O3S. The highest BCUT2D eigenvalue weighted by atomic mass is 35.5. The van der Waals surface area contributed by atoms with Gasteiger partial charge in [0.05, 0.1) is 17.7 Å². The van der Waals surface area contributed by atoms with Crippen LogP contribution >= 0.6 is 35.4 Å². The maximum absolute atomic E-state index is 12.0. The summed E-state index contributed by atoms with van der Waals surface area (Å²) in [7, 11) is 0. The van der Waals surface area contributed by atoms with Gasteiger partial charge in [0.1, 0.15) is 11.5 Å². The highest BCUT2D eigenvalue weighted by Gasteiger charge is 2.07. The summed E-state index contributed by atoms with van der Waals surface area (Å²) in [5, 5.41) is 6.85. The number of halogens is 2. The first-order valence-electron chi connectivity index (χ1n) is 9.32. The lowest BCUT2D eigenvalue weighted by Crippen LogP contribution is -2.34. The zero-order valence-electron chi connectivity index (χ0n) is 16.3. The van der Waals surface area contributed by atoms with Gasteiger partial charge in [0.2, 0.25) is 5.91 Å². The van der Waals surface area contributed by atoms with Crippen molar-refractivity contribution < 1.29 is 14.3 Å². The Morgan fingerprint density at radius 3 is 2.55 bits per heavy atom. The van der Waals surface area contributed by atoms with Gasteiger partial charge in [0.15, 0.2) is 5.11 Å². The smallest absolute Gasteiger partial charge is 0.226 e. The fourth-order valence-corrected chi connectivity index (χ4v) is 2.99. The summed E-state index contributed by atoms with van der Waals surface area (Å²) < 4.78 is 11.3. The van der Waals surface area contributed by atoms with Gasteiger partial charge in [-0.3, -0.25) is 4.79 Å². The minimum atomic E-state index is -0.190. The summed E-state index contributed by atoms with van der Waals surface area (Å²) in [6.45, 7) is 4.44. The average Bonchev–Trinajstić information content (AvgIpc) is 2.68. The quantitative estimate of drug-likeness (QED) is 0.367. The predicted octanol–water partition coefficient (Wildman–Crippen LogP) is 5.84. The van der Waals surface area contributed by atoms with Crippen LogP contribution in [0.2, 0.25) is 10.0 Å². The maximum Gasteiger partial charge on any atom is 0.226 e. The summed E-state index contributed by atoms with van der Waals surface area (Å²) in [6, 6.07) is 12.4. The molecule has 0 saturated heterocycles. The third-order valence-electron chi connectivity index (χ3n) is 3.98. The minimum Gasteiger partial charge on any atom is -0.492 e. The topological polar surface area (TPSA) is 59.6 Å². The lowest BCUT2D eigenvalue weighted by atomic mass is 10.3. The molecule has 0 fully saturated rings. The molecule has 0 aliphatic carbocycles. The second-order valence-electron chi connectivity index (χ2n) is 6.39. The van der Waals surface area contributed by atoms with Crippen molar-refractivity contribution in [1.82, 2.24) is 5.32 Å². The van der Waals surface area contributed by atoms with Gasteiger partial charge >= 0.3 is 0 Å². The highest BCUT2D eigenvalue weighted by molar-refractivity contribution is 7.80. The van der Waals surface area contributed by atoms with Crippen molar-refractivity contribution in [3.63, 3.8) is 0 Å². The second-order valence-corrected chi connectivity index (χ2v) is 7.64. The number of carbonyl (C=O) groups excluding carboxylic acids is 1. The Kier molecular flexibility index (Phi) is 9.51. The van der Waals surface area contributed by atoms with E-state index in [0.29, 0.717) is 28.8 Å². The van der Waals surface area contributed by atoms with Crippen LogP contribution in [0.25, 0.3) is 0 Å². The number of hydrogen-bond acceptors (Lipinski definition) is 4. The second kappa shape index (κ2) is 11.9. The zero-order valence-corrected chi connectivity index (χ0v) is 18.7. The van der Waals surface area contributed by atoms with Gasteiger partial charge in [-0.25, -0.2) is 0 Å². The number of ether oxygens (including phenoxy) is 2. The number of nitrogens with one attached hydrogen (secondary N) is 2.